The lowest BCUT2D eigenvalue weighted by Crippen LogP contribution is -2.15. The van der Waals surface area contributed by atoms with Crippen molar-refractivity contribution < 1.29 is 4.42 Å². The van der Waals surface area contributed by atoms with Crippen molar-refractivity contribution in [1.29, 1.82) is 0 Å². The quantitative estimate of drug-likeness (QED) is 0.809. The molecule has 1 saturated carbocycles. The fourth-order valence-corrected chi connectivity index (χ4v) is 2.11. The number of nitrogens with one attached hydrogen (secondary N) is 2. The van der Waals surface area contributed by atoms with Gasteiger partial charge in [0, 0.05) is 12.6 Å². The molecule has 2 N–H and O–H groups in total. The van der Waals surface area contributed by atoms with Crippen LogP contribution < -0.4 is 10.6 Å². The van der Waals surface area contributed by atoms with Gasteiger partial charge in [0.1, 0.15) is 0 Å². The van der Waals surface area contributed by atoms with Crippen LogP contribution in [0.5, 0.6) is 0 Å². The van der Waals surface area contributed by atoms with Crippen molar-refractivity contribution in [2.45, 2.75) is 38.8 Å². The third-order valence-corrected chi connectivity index (χ3v) is 3.52. The predicted octanol–water partition coefficient (Wildman–Crippen LogP) is 2.28. The number of aryl methyl sites for hydroxylation is 1. The molecule has 1 heterocycles. The molecule has 0 spiro atoms. The minimum atomic E-state index is 0.506. The average Bonchev–Trinajstić information content (AvgIpc) is 3.18. The molecule has 0 atom stereocenters. The van der Waals surface area contributed by atoms with Crippen LogP contribution in [0.15, 0.2) is 28.7 Å². The van der Waals surface area contributed by atoms with Gasteiger partial charge in [-0.25, -0.2) is 0 Å². The summed E-state index contributed by atoms with van der Waals surface area (Å²) in [5.41, 5.74) is 2.66. The molecular weight excluding hydrogens is 252 g/mol. The topological polar surface area (TPSA) is 63.0 Å². The van der Waals surface area contributed by atoms with E-state index < -0.39 is 0 Å². The van der Waals surface area contributed by atoms with Gasteiger partial charge >= 0.3 is 6.01 Å². The van der Waals surface area contributed by atoms with Crippen LogP contribution in [0.3, 0.4) is 0 Å². The number of aromatic nitrogens is 2. The molecule has 0 bridgehead atoms. The average molecular weight is 272 g/mol. The minimum absolute atomic E-state index is 0.506. The highest BCUT2D eigenvalue weighted by Crippen LogP contribution is 2.19. The van der Waals surface area contributed by atoms with Crippen LogP contribution >= 0.6 is 0 Å². The van der Waals surface area contributed by atoms with E-state index in [1.807, 2.05) is 0 Å². The second-order valence-electron chi connectivity index (χ2n) is 5.26. The van der Waals surface area contributed by atoms with Crippen LogP contribution in [0.2, 0.25) is 0 Å². The molecule has 2 aromatic rings. The molecule has 0 radical (unpaired) electrons. The van der Waals surface area contributed by atoms with Crippen molar-refractivity contribution in [3.8, 4) is 0 Å². The summed E-state index contributed by atoms with van der Waals surface area (Å²) in [4.78, 5) is 0. The highest BCUT2D eigenvalue weighted by atomic mass is 16.4. The van der Waals surface area contributed by atoms with E-state index in [1.54, 1.807) is 0 Å². The van der Waals surface area contributed by atoms with Gasteiger partial charge < -0.3 is 15.1 Å². The van der Waals surface area contributed by atoms with E-state index in [0.29, 0.717) is 24.5 Å². The molecule has 1 aromatic heterocycles. The number of nitrogens with zero attached hydrogens (tertiary/aromatic N) is 2. The third kappa shape index (κ3) is 3.57. The molecule has 106 valence electrons. The second kappa shape index (κ2) is 6.05. The molecule has 1 aliphatic carbocycles. The fraction of sp³-hybridized carbons (Fsp3) is 0.467. The largest absolute Gasteiger partial charge is 0.407 e. The normalized spacial score (nSPS) is 14.4. The SMILES string of the molecule is Cc1ccccc1CCNc1nnc(CNC2CC2)o1. The van der Waals surface area contributed by atoms with Gasteiger partial charge in [-0.3, -0.25) is 0 Å². The highest BCUT2D eigenvalue weighted by Gasteiger charge is 2.21. The number of benzene rings is 1. The van der Waals surface area contributed by atoms with Crippen molar-refractivity contribution in [2.75, 3.05) is 11.9 Å². The van der Waals surface area contributed by atoms with Crippen molar-refractivity contribution in [3.05, 3.63) is 41.3 Å². The van der Waals surface area contributed by atoms with E-state index in [1.165, 1.54) is 24.0 Å². The first-order chi connectivity index (χ1) is 9.81. The van der Waals surface area contributed by atoms with Gasteiger partial charge in [-0.05, 0) is 37.3 Å². The van der Waals surface area contributed by atoms with Crippen LogP contribution in [0, 0.1) is 6.92 Å². The summed E-state index contributed by atoms with van der Waals surface area (Å²) in [5, 5.41) is 14.5. The van der Waals surface area contributed by atoms with Gasteiger partial charge in [0.05, 0.1) is 6.54 Å². The van der Waals surface area contributed by atoms with Crippen molar-refractivity contribution in [2.24, 2.45) is 0 Å². The van der Waals surface area contributed by atoms with Gasteiger partial charge in [0.15, 0.2) is 0 Å². The summed E-state index contributed by atoms with van der Waals surface area (Å²) < 4.78 is 5.53. The lowest BCUT2D eigenvalue weighted by Gasteiger charge is -2.05. The summed E-state index contributed by atoms with van der Waals surface area (Å²) in [6.45, 7) is 3.59. The molecule has 0 unspecified atom stereocenters. The zero-order chi connectivity index (χ0) is 13.8. The van der Waals surface area contributed by atoms with E-state index in [4.69, 9.17) is 4.42 Å². The van der Waals surface area contributed by atoms with Gasteiger partial charge in [-0.1, -0.05) is 29.4 Å². The Labute approximate surface area is 118 Å². The molecular formula is C15H20N4O. The lowest BCUT2D eigenvalue weighted by molar-refractivity contribution is 0.476. The van der Waals surface area contributed by atoms with Gasteiger partial charge in [-0.2, -0.15) is 0 Å². The van der Waals surface area contributed by atoms with E-state index in [2.05, 4.69) is 52.0 Å². The first-order valence-corrected chi connectivity index (χ1v) is 7.15. The van der Waals surface area contributed by atoms with Gasteiger partial charge in [-0.15, -0.1) is 5.10 Å². The van der Waals surface area contributed by atoms with E-state index >= 15 is 0 Å². The number of hydrogen-bond donors (Lipinski definition) is 2. The van der Waals surface area contributed by atoms with Crippen molar-refractivity contribution in [1.82, 2.24) is 15.5 Å². The highest BCUT2D eigenvalue weighted by molar-refractivity contribution is 5.27. The minimum Gasteiger partial charge on any atom is -0.407 e. The Bertz CT molecular complexity index is 563. The Morgan fingerprint density at radius 1 is 1.25 bits per heavy atom. The third-order valence-electron chi connectivity index (χ3n) is 3.52. The summed E-state index contributed by atoms with van der Waals surface area (Å²) in [6, 6.07) is 9.56. The molecule has 0 saturated heterocycles. The van der Waals surface area contributed by atoms with Crippen molar-refractivity contribution >= 4 is 6.01 Å². The molecule has 5 heteroatoms. The maximum Gasteiger partial charge on any atom is 0.315 e. The molecule has 0 aliphatic heterocycles. The molecule has 3 rings (SSSR count). The fourth-order valence-electron chi connectivity index (χ4n) is 2.11. The first kappa shape index (κ1) is 13.1. The Morgan fingerprint density at radius 3 is 2.90 bits per heavy atom. The van der Waals surface area contributed by atoms with Gasteiger partial charge in [0.25, 0.3) is 0 Å². The number of rotatable bonds is 7. The molecule has 20 heavy (non-hydrogen) atoms. The lowest BCUT2D eigenvalue weighted by atomic mass is 10.1. The Balaban J connectivity index is 1.45. The molecule has 0 amide bonds. The Hall–Kier alpha value is -1.88. The monoisotopic (exact) mass is 272 g/mol. The standard InChI is InChI=1S/C15H20N4O/c1-11-4-2-3-5-12(11)8-9-16-15-19-18-14(20-15)10-17-13-6-7-13/h2-5,13,17H,6-10H2,1H3,(H,16,19). The van der Waals surface area contributed by atoms with Gasteiger partial charge in [0.2, 0.25) is 5.89 Å². The van der Waals surface area contributed by atoms with E-state index in [-0.39, 0.29) is 0 Å². The van der Waals surface area contributed by atoms with Crippen LogP contribution in [-0.2, 0) is 13.0 Å². The number of hydrogen-bond acceptors (Lipinski definition) is 5. The molecule has 1 aromatic carbocycles. The maximum absolute atomic E-state index is 5.53. The predicted molar refractivity (Wildman–Crippen MR) is 77.5 cm³/mol. The second-order valence-corrected chi connectivity index (χ2v) is 5.26. The first-order valence-electron chi connectivity index (χ1n) is 7.15. The zero-order valence-electron chi connectivity index (χ0n) is 11.7. The Kier molecular flexibility index (Phi) is 3.97. The summed E-state index contributed by atoms with van der Waals surface area (Å²) in [6.07, 6.45) is 3.47. The molecule has 1 aliphatic rings. The summed E-state index contributed by atoms with van der Waals surface area (Å²) in [7, 11) is 0. The van der Waals surface area contributed by atoms with E-state index in [0.717, 1.165) is 13.0 Å². The van der Waals surface area contributed by atoms with Crippen LogP contribution in [0.25, 0.3) is 0 Å². The summed E-state index contributed by atoms with van der Waals surface area (Å²) >= 11 is 0. The van der Waals surface area contributed by atoms with Crippen LogP contribution in [0.1, 0.15) is 29.9 Å². The van der Waals surface area contributed by atoms with Crippen molar-refractivity contribution in [3.63, 3.8) is 0 Å². The van der Waals surface area contributed by atoms with Crippen LogP contribution in [0.4, 0.5) is 6.01 Å². The Morgan fingerprint density at radius 2 is 2.10 bits per heavy atom. The maximum atomic E-state index is 5.53. The van der Waals surface area contributed by atoms with E-state index in [9.17, 15) is 0 Å². The summed E-state index contributed by atoms with van der Waals surface area (Å²) in [5.74, 6) is 0.648. The zero-order valence-corrected chi connectivity index (χ0v) is 11.7. The smallest absolute Gasteiger partial charge is 0.315 e. The molecule has 5 nitrogen and oxygen atoms in total. The molecule has 1 fully saturated rings. The van der Waals surface area contributed by atoms with Crippen LogP contribution in [-0.4, -0.2) is 22.8 Å². The number of anilines is 1.